The van der Waals surface area contributed by atoms with Gasteiger partial charge in [-0.2, -0.15) is 0 Å². The molecule has 5 nitrogen and oxygen atoms in total. The Morgan fingerprint density at radius 3 is 2.75 bits per heavy atom. The quantitative estimate of drug-likeness (QED) is 0.698. The molecule has 6 heteroatoms. The maximum Gasteiger partial charge on any atom is 0.254 e. The van der Waals surface area contributed by atoms with Crippen molar-refractivity contribution in [1.82, 2.24) is 14.9 Å². The SMILES string of the molecule is Cc1ccc(OC[C@@H]2Cc3cc(F)ccc3CN2C(=O)c2ccncc2)nc1. The van der Waals surface area contributed by atoms with Crippen molar-refractivity contribution >= 4 is 5.91 Å². The zero-order valence-electron chi connectivity index (χ0n) is 15.5. The van der Waals surface area contributed by atoms with E-state index in [9.17, 15) is 9.18 Å². The van der Waals surface area contributed by atoms with Gasteiger partial charge < -0.3 is 9.64 Å². The van der Waals surface area contributed by atoms with E-state index in [-0.39, 0.29) is 24.4 Å². The zero-order valence-corrected chi connectivity index (χ0v) is 15.5. The van der Waals surface area contributed by atoms with Crippen LogP contribution in [0.3, 0.4) is 0 Å². The summed E-state index contributed by atoms with van der Waals surface area (Å²) in [6.45, 7) is 2.65. The fourth-order valence-corrected chi connectivity index (χ4v) is 3.38. The molecule has 1 aromatic carbocycles. The monoisotopic (exact) mass is 377 g/mol. The number of hydrogen-bond acceptors (Lipinski definition) is 4. The molecule has 0 aliphatic carbocycles. The highest BCUT2D eigenvalue weighted by Crippen LogP contribution is 2.26. The van der Waals surface area contributed by atoms with E-state index in [1.54, 1.807) is 53.8 Å². The number of carbonyl (C=O) groups excluding carboxylic acids is 1. The predicted octanol–water partition coefficient (Wildman–Crippen LogP) is 3.57. The second-order valence-corrected chi connectivity index (χ2v) is 6.92. The summed E-state index contributed by atoms with van der Waals surface area (Å²) in [6.07, 6.45) is 5.46. The largest absolute Gasteiger partial charge is 0.475 e. The number of hydrogen-bond donors (Lipinski definition) is 0. The van der Waals surface area contributed by atoms with Gasteiger partial charge in [-0.1, -0.05) is 12.1 Å². The van der Waals surface area contributed by atoms with Crippen LogP contribution >= 0.6 is 0 Å². The summed E-state index contributed by atoms with van der Waals surface area (Å²) in [6, 6.07) is 11.6. The van der Waals surface area contributed by atoms with Crippen molar-refractivity contribution < 1.29 is 13.9 Å². The lowest BCUT2D eigenvalue weighted by Gasteiger charge is -2.36. The van der Waals surface area contributed by atoms with Gasteiger partial charge in [0.1, 0.15) is 12.4 Å². The Balaban J connectivity index is 1.59. The molecule has 1 atom stereocenters. The van der Waals surface area contributed by atoms with Gasteiger partial charge in [0.15, 0.2) is 0 Å². The average Bonchev–Trinajstić information content (AvgIpc) is 2.73. The van der Waals surface area contributed by atoms with Gasteiger partial charge in [0.25, 0.3) is 5.91 Å². The number of ether oxygens (including phenoxy) is 1. The minimum atomic E-state index is -0.271. The number of aromatic nitrogens is 2. The van der Waals surface area contributed by atoms with E-state index in [1.807, 2.05) is 13.0 Å². The molecule has 142 valence electrons. The lowest BCUT2D eigenvalue weighted by Crippen LogP contribution is -2.47. The number of nitrogens with zero attached hydrogens (tertiary/aromatic N) is 3. The van der Waals surface area contributed by atoms with Crippen LogP contribution in [0.5, 0.6) is 5.88 Å². The Labute approximate surface area is 162 Å². The summed E-state index contributed by atoms with van der Waals surface area (Å²) >= 11 is 0. The highest BCUT2D eigenvalue weighted by molar-refractivity contribution is 5.94. The molecule has 0 N–H and O–H groups in total. The fourth-order valence-electron chi connectivity index (χ4n) is 3.38. The number of carbonyl (C=O) groups is 1. The van der Waals surface area contributed by atoms with Gasteiger partial charge in [-0.25, -0.2) is 9.37 Å². The Hall–Kier alpha value is -3.28. The van der Waals surface area contributed by atoms with Crippen LogP contribution in [0.1, 0.15) is 27.0 Å². The molecule has 0 saturated heterocycles. The minimum absolute atomic E-state index is 0.0946. The lowest BCUT2D eigenvalue weighted by atomic mass is 9.93. The number of fused-ring (bicyclic) bond motifs is 1. The molecule has 1 aliphatic rings. The molecule has 0 spiro atoms. The molecular formula is C22H20FN3O2. The van der Waals surface area contributed by atoms with Crippen LogP contribution in [0.4, 0.5) is 4.39 Å². The molecule has 3 aromatic rings. The first-order valence-corrected chi connectivity index (χ1v) is 9.14. The first kappa shape index (κ1) is 18.1. The first-order chi connectivity index (χ1) is 13.6. The normalized spacial score (nSPS) is 15.8. The van der Waals surface area contributed by atoms with Gasteiger partial charge in [0.05, 0.1) is 6.04 Å². The van der Waals surface area contributed by atoms with Gasteiger partial charge >= 0.3 is 0 Å². The number of pyridine rings is 2. The summed E-state index contributed by atoms with van der Waals surface area (Å²) in [5.74, 6) is 0.141. The van der Waals surface area contributed by atoms with Gasteiger partial charge in [0.2, 0.25) is 5.88 Å². The predicted molar refractivity (Wildman–Crippen MR) is 102 cm³/mol. The smallest absolute Gasteiger partial charge is 0.254 e. The van der Waals surface area contributed by atoms with Gasteiger partial charge in [0, 0.05) is 36.8 Å². The van der Waals surface area contributed by atoms with Crippen LogP contribution in [0, 0.1) is 12.7 Å². The topological polar surface area (TPSA) is 55.3 Å². The summed E-state index contributed by atoms with van der Waals surface area (Å²) in [7, 11) is 0. The lowest BCUT2D eigenvalue weighted by molar-refractivity contribution is 0.0562. The highest BCUT2D eigenvalue weighted by Gasteiger charge is 2.31. The Bertz CT molecular complexity index is 977. The molecule has 0 bridgehead atoms. The molecule has 28 heavy (non-hydrogen) atoms. The van der Waals surface area contributed by atoms with Crippen LogP contribution in [-0.2, 0) is 13.0 Å². The number of benzene rings is 1. The van der Waals surface area contributed by atoms with Crippen molar-refractivity contribution in [2.75, 3.05) is 6.61 Å². The molecule has 0 radical (unpaired) electrons. The van der Waals surface area contributed by atoms with Crippen LogP contribution < -0.4 is 4.74 Å². The molecule has 1 amide bonds. The number of amides is 1. The van der Waals surface area contributed by atoms with Crippen molar-refractivity contribution in [3.8, 4) is 5.88 Å². The van der Waals surface area contributed by atoms with Crippen molar-refractivity contribution in [2.45, 2.75) is 25.9 Å². The third-order valence-corrected chi connectivity index (χ3v) is 4.90. The van der Waals surface area contributed by atoms with E-state index in [4.69, 9.17) is 4.74 Å². The molecule has 0 unspecified atom stereocenters. The van der Waals surface area contributed by atoms with Crippen LogP contribution in [0.25, 0.3) is 0 Å². The maximum atomic E-state index is 13.7. The van der Waals surface area contributed by atoms with Gasteiger partial charge in [-0.15, -0.1) is 0 Å². The summed E-state index contributed by atoms with van der Waals surface area (Å²) in [4.78, 5) is 23.1. The Kier molecular flexibility index (Phi) is 5.02. The molecule has 2 aromatic heterocycles. The number of aryl methyl sites for hydroxylation is 1. The maximum absolute atomic E-state index is 13.7. The summed E-state index contributed by atoms with van der Waals surface area (Å²) < 4.78 is 19.6. The van der Waals surface area contributed by atoms with E-state index in [1.165, 1.54) is 6.07 Å². The summed E-state index contributed by atoms with van der Waals surface area (Å²) in [5.41, 5.74) is 3.47. The van der Waals surface area contributed by atoms with E-state index in [0.29, 0.717) is 24.4 Å². The van der Waals surface area contributed by atoms with Crippen LogP contribution in [0.2, 0.25) is 0 Å². The van der Waals surface area contributed by atoms with Gasteiger partial charge in [-0.3, -0.25) is 9.78 Å². The van der Waals surface area contributed by atoms with Crippen LogP contribution in [0.15, 0.2) is 61.1 Å². The molecule has 4 rings (SSSR count). The van der Waals surface area contributed by atoms with E-state index < -0.39 is 0 Å². The van der Waals surface area contributed by atoms with E-state index in [0.717, 1.165) is 16.7 Å². The van der Waals surface area contributed by atoms with Crippen molar-refractivity contribution in [3.05, 3.63) is 89.1 Å². The zero-order chi connectivity index (χ0) is 19.5. The fraction of sp³-hybridized carbons (Fsp3) is 0.227. The van der Waals surface area contributed by atoms with Crippen molar-refractivity contribution in [1.29, 1.82) is 0 Å². The number of halogens is 1. The molecule has 3 heterocycles. The van der Waals surface area contributed by atoms with E-state index in [2.05, 4.69) is 9.97 Å². The first-order valence-electron chi connectivity index (χ1n) is 9.14. The third kappa shape index (κ3) is 3.86. The van der Waals surface area contributed by atoms with Crippen molar-refractivity contribution in [3.63, 3.8) is 0 Å². The Morgan fingerprint density at radius 2 is 2.00 bits per heavy atom. The molecule has 1 aliphatic heterocycles. The average molecular weight is 377 g/mol. The molecule has 0 fully saturated rings. The number of rotatable bonds is 4. The Morgan fingerprint density at radius 1 is 1.18 bits per heavy atom. The molecule has 0 saturated carbocycles. The highest BCUT2D eigenvalue weighted by atomic mass is 19.1. The third-order valence-electron chi connectivity index (χ3n) is 4.90. The van der Waals surface area contributed by atoms with Crippen molar-refractivity contribution in [2.24, 2.45) is 0 Å². The van der Waals surface area contributed by atoms with E-state index >= 15 is 0 Å². The molecular weight excluding hydrogens is 357 g/mol. The summed E-state index contributed by atoms with van der Waals surface area (Å²) in [5, 5.41) is 0. The second-order valence-electron chi connectivity index (χ2n) is 6.92. The second kappa shape index (κ2) is 7.76. The standard InChI is InChI=1S/C22H20FN3O2/c1-15-2-5-21(25-12-15)28-14-20-11-18-10-19(23)4-3-17(18)13-26(20)22(27)16-6-8-24-9-7-16/h2-10,12,20H,11,13-14H2,1H3/t20-/m0/s1. The van der Waals surface area contributed by atoms with Gasteiger partial charge in [-0.05, 0) is 54.3 Å². The van der Waals surface area contributed by atoms with Crippen LogP contribution in [-0.4, -0.2) is 33.4 Å². The minimum Gasteiger partial charge on any atom is -0.475 e.